The maximum Gasteiger partial charge on any atom is 0.274 e. The van der Waals surface area contributed by atoms with Crippen LogP contribution in [0.2, 0.25) is 0 Å². The van der Waals surface area contributed by atoms with Gasteiger partial charge in [-0.25, -0.2) is 5.48 Å². The number of carbonyl (C=O) groups excluding carboxylic acids is 2. The van der Waals surface area contributed by atoms with E-state index in [1.54, 1.807) is 17.6 Å². The van der Waals surface area contributed by atoms with E-state index in [1.807, 2.05) is 0 Å². The average Bonchev–Trinajstić information content (AvgIpc) is 3.36. The molecular weight excluding hydrogens is 288 g/mol. The predicted octanol–water partition coefficient (Wildman–Crippen LogP) is 0.770. The van der Waals surface area contributed by atoms with Crippen molar-refractivity contribution in [2.24, 2.45) is 5.41 Å². The van der Waals surface area contributed by atoms with Gasteiger partial charge in [-0.2, -0.15) is 0 Å². The topological polar surface area (TPSA) is 99.1 Å². The van der Waals surface area contributed by atoms with Gasteiger partial charge in [-0.1, -0.05) is 6.07 Å². The van der Waals surface area contributed by atoms with Crippen molar-refractivity contribution >= 4 is 11.8 Å². The Balaban J connectivity index is 1.84. The highest BCUT2D eigenvalue weighted by Crippen LogP contribution is 2.47. The van der Waals surface area contributed by atoms with E-state index in [0.29, 0.717) is 25.1 Å². The molecular formula is C15H16N2O5. The Labute approximate surface area is 126 Å². The molecule has 1 heterocycles. The Hall–Kier alpha value is -2.38. The molecule has 0 radical (unpaired) electrons. The number of aliphatic hydroxyl groups excluding tert-OH is 1. The monoisotopic (exact) mass is 304 g/mol. The minimum atomic E-state index is -0.647. The highest BCUT2D eigenvalue weighted by Gasteiger charge is 2.51. The summed E-state index contributed by atoms with van der Waals surface area (Å²) in [5.41, 5.74) is 1.91. The molecule has 2 amide bonds. The van der Waals surface area contributed by atoms with Crippen LogP contribution in [0.3, 0.4) is 0 Å². The second-order valence-corrected chi connectivity index (χ2v) is 5.54. The second kappa shape index (κ2) is 5.43. The van der Waals surface area contributed by atoms with Gasteiger partial charge in [0.05, 0.1) is 18.6 Å². The number of carbonyl (C=O) groups is 2. The van der Waals surface area contributed by atoms with E-state index in [9.17, 15) is 14.7 Å². The number of amides is 2. The van der Waals surface area contributed by atoms with E-state index >= 15 is 0 Å². The maximum absolute atomic E-state index is 12.5. The van der Waals surface area contributed by atoms with E-state index < -0.39 is 11.3 Å². The highest BCUT2D eigenvalue weighted by atomic mass is 16.5. The lowest BCUT2D eigenvalue weighted by Gasteiger charge is -2.22. The molecule has 0 bridgehead atoms. The van der Waals surface area contributed by atoms with Crippen molar-refractivity contribution in [1.82, 2.24) is 10.4 Å². The van der Waals surface area contributed by atoms with Gasteiger partial charge in [0.15, 0.2) is 0 Å². The van der Waals surface area contributed by atoms with Crippen LogP contribution in [-0.2, 0) is 11.3 Å². The Bertz CT molecular complexity index is 651. The third kappa shape index (κ3) is 2.44. The summed E-state index contributed by atoms with van der Waals surface area (Å²) in [5.74, 6) is -0.314. The van der Waals surface area contributed by atoms with Crippen LogP contribution in [0, 0.1) is 5.41 Å². The van der Waals surface area contributed by atoms with Crippen LogP contribution >= 0.6 is 0 Å². The van der Waals surface area contributed by atoms with Gasteiger partial charge in [0.1, 0.15) is 12.0 Å². The summed E-state index contributed by atoms with van der Waals surface area (Å²) >= 11 is 0. The first-order chi connectivity index (χ1) is 10.6. The predicted molar refractivity (Wildman–Crippen MR) is 74.8 cm³/mol. The normalized spacial score (nSPS) is 18.0. The van der Waals surface area contributed by atoms with Gasteiger partial charge < -0.3 is 14.7 Å². The molecule has 0 aromatic heterocycles. The molecule has 0 atom stereocenters. The van der Waals surface area contributed by atoms with Crippen molar-refractivity contribution in [3.8, 4) is 5.75 Å². The third-order valence-electron chi connectivity index (χ3n) is 4.08. The number of hydroxylamine groups is 1. The van der Waals surface area contributed by atoms with Crippen molar-refractivity contribution < 1.29 is 24.6 Å². The van der Waals surface area contributed by atoms with Crippen LogP contribution in [0.25, 0.3) is 0 Å². The Kier molecular flexibility index (Phi) is 3.59. The highest BCUT2D eigenvalue weighted by molar-refractivity contribution is 5.94. The van der Waals surface area contributed by atoms with Gasteiger partial charge in [-0.15, -0.1) is 0 Å². The number of nitrogens with one attached hydrogen (secondary N) is 1. The molecule has 1 aliphatic heterocycles. The summed E-state index contributed by atoms with van der Waals surface area (Å²) in [4.78, 5) is 25.4. The fraction of sp³-hybridized carbons (Fsp3) is 0.333. The zero-order chi connectivity index (χ0) is 15.7. The van der Waals surface area contributed by atoms with Crippen molar-refractivity contribution in [2.45, 2.75) is 19.4 Å². The average molecular weight is 304 g/mol. The van der Waals surface area contributed by atoms with Gasteiger partial charge in [-0.05, 0) is 25.0 Å². The van der Waals surface area contributed by atoms with Crippen LogP contribution in [0.4, 0.5) is 0 Å². The van der Waals surface area contributed by atoms with Crippen LogP contribution in [-0.4, -0.2) is 33.6 Å². The van der Waals surface area contributed by atoms with E-state index in [1.165, 1.54) is 23.4 Å². The van der Waals surface area contributed by atoms with E-state index in [4.69, 9.17) is 9.94 Å². The molecule has 0 unspecified atom stereocenters. The molecule has 7 nitrogen and oxygen atoms in total. The van der Waals surface area contributed by atoms with Crippen molar-refractivity contribution in [2.75, 3.05) is 6.61 Å². The zero-order valence-electron chi connectivity index (χ0n) is 11.8. The molecule has 1 aliphatic carbocycles. The lowest BCUT2D eigenvalue weighted by molar-refractivity contribution is -0.136. The Morgan fingerprint density at radius 3 is 2.77 bits per heavy atom. The number of rotatable bonds is 3. The van der Waals surface area contributed by atoms with Crippen LogP contribution in [0.15, 0.2) is 30.7 Å². The van der Waals surface area contributed by atoms with Gasteiger partial charge in [0, 0.05) is 17.3 Å². The Morgan fingerprint density at radius 2 is 2.14 bits per heavy atom. The van der Waals surface area contributed by atoms with Crippen LogP contribution < -0.4 is 10.2 Å². The molecule has 22 heavy (non-hydrogen) atoms. The van der Waals surface area contributed by atoms with Gasteiger partial charge in [-0.3, -0.25) is 14.8 Å². The molecule has 3 rings (SSSR count). The second-order valence-electron chi connectivity index (χ2n) is 5.54. The molecule has 1 saturated carbocycles. The minimum Gasteiger partial charge on any atom is -0.463 e. The largest absolute Gasteiger partial charge is 0.463 e. The summed E-state index contributed by atoms with van der Waals surface area (Å²) in [5, 5.41) is 18.0. The molecule has 0 spiro atoms. The van der Waals surface area contributed by atoms with Crippen molar-refractivity contribution in [3.05, 3.63) is 41.8 Å². The molecule has 0 saturated heterocycles. The summed E-state index contributed by atoms with van der Waals surface area (Å²) < 4.78 is 5.43. The summed E-state index contributed by atoms with van der Waals surface area (Å²) in [6.07, 6.45) is 4.29. The lowest BCUT2D eigenvalue weighted by atomic mass is 10.1. The molecule has 1 fully saturated rings. The quantitative estimate of drug-likeness (QED) is 0.566. The first kappa shape index (κ1) is 14.6. The summed E-state index contributed by atoms with van der Waals surface area (Å²) in [6, 6.07) is 4.71. The number of benzene rings is 1. The summed E-state index contributed by atoms with van der Waals surface area (Å²) in [7, 11) is 0. The number of ether oxygens (including phenoxy) is 1. The fourth-order valence-electron chi connectivity index (χ4n) is 2.45. The molecule has 7 heteroatoms. The summed E-state index contributed by atoms with van der Waals surface area (Å²) in [6.45, 7) is 0.146. The van der Waals surface area contributed by atoms with Crippen molar-refractivity contribution in [3.63, 3.8) is 0 Å². The maximum atomic E-state index is 12.5. The number of hydrogen-bond donors (Lipinski definition) is 3. The minimum absolute atomic E-state index is 0.125. The van der Waals surface area contributed by atoms with Crippen LogP contribution in [0.5, 0.6) is 5.75 Å². The molecule has 1 aromatic carbocycles. The van der Waals surface area contributed by atoms with E-state index in [2.05, 4.69) is 0 Å². The van der Waals surface area contributed by atoms with Crippen molar-refractivity contribution in [1.29, 1.82) is 0 Å². The number of aliphatic hydroxyl groups is 1. The van der Waals surface area contributed by atoms with E-state index in [0.717, 1.165) is 5.56 Å². The molecule has 3 N–H and O–H groups in total. The smallest absolute Gasteiger partial charge is 0.274 e. The Morgan fingerprint density at radius 1 is 1.36 bits per heavy atom. The molecule has 2 aliphatic rings. The van der Waals surface area contributed by atoms with Crippen LogP contribution in [0.1, 0.15) is 28.8 Å². The van der Waals surface area contributed by atoms with Gasteiger partial charge in [0.2, 0.25) is 5.91 Å². The number of nitrogens with zero attached hydrogens (tertiary/aromatic N) is 1. The third-order valence-corrected chi connectivity index (χ3v) is 4.08. The first-order valence-electron chi connectivity index (χ1n) is 6.92. The van der Waals surface area contributed by atoms with Gasteiger partial charge in [0.25, 0.3) is 5.91 Å². The number of hydrogen-bond acceptors (Lipinski definition) is 5. The number of fused-ring (bicyclic) bond motifs is 1. The first-order valence-corrected chi connectivity index (χ1v) is 6.92. The lowest BCUT2D eigenvalue weighted by Crippen LogP contribution is -2.34. The molecule has 1 aromatic rings. The fourth-order valence-corrected chi connectivity index (χ4v) is 2.45. The SMILES string of the molecule is O=C(NO)c1ccc2c(c1)OC=CN(C(=O)C1(CO)CC1)C2. The van der Waals surface area contributed by atoms with Gasteiger partial charge >= 0.3 is 0 Å². The standard InChI is InChI=1S/C15H16N2O5/c18-9-15(3-4-15)14(20)17-5-6-22-12-7-10(13(19)16-21)1-2-11(12)8-17/h1-2,5-7,18,21H,3-4,8-9H2,(H,16,19). The van der Waals surface area contributed by atoms with E-state index in [-0.39, 0.29) is 18.1 Å². The molecule has 116 valence electrons. The zero-order valence-corrected chi connectivity index (χ0v) is 11.8.